The monoisotopic (exact) mass is 606 g/mol. The van der Waals surface area contributed by atoms with Gasteiger partial charge in [-0.3, -0.25) is 0 Å². The first-order valence-electron chi connectivity index (χ1n) is 21.1. The molecule has 0 rings (SSSR count). The summed E-state index contributed by atoms with van der Waals surface area (Å²) in [5, 5.41) is 0. The maximum atomic E-state index is 6.42. The van der Waals surface area contributed by atoms with Gasteiger partial charge in [0, 0.05) is 6.04 Å². The molecule has 1 heteroatoms. The minimum atomic E-state index is 0.465. The molecule has 0 aromatic rings. The molecule has 0 bridgehead atoms. The van der Waals surface area contributed by atoms with Gasteiger partial charge in [0.25, 0.3) is 0 Å². The van der Waals surface area contributed by atoms with Crippen LogP contribution in [-0.4, -0.2) is 6.04 Å². The molecular weight excluding hydrogens is 518 g/mol. The third-order valence-electron chi connectivity index (χ3n) is 10.1. The Bertz CT molecular complexity index is 460. The van der Waals surface area contributed by atoms with Crippen molar-refractivity contribution in [3.05, 3.63) is 0 Å². The van der Waals surface area contributed by atoms with E-state index in [0.29, 0.717) is 6.04 Å². The lowest BCUT2D eigenvalue weighted by Gasteiger charge is -2.11. The molecule has 43 heavy (non-hydrogen) atoms. The van der Waals surface area contributed by atoms with E-state index in [-0.39, 0.29) is 0 Å². The van der Waals surface area contributed by atoms with Crippen LogP contribution in [0.25, 0.3) is 0 Å². The molecule has 0 fully saturated rings. The minimum Gasteiger partial charge on any atom is -0.328 e. The number of hydrogen-bond donors (Lipinski definition) is 1. The summed E-state index contributed by atoms with van der Waals surface area (Å²) in [6.45, 7) is 4.61. The molecule has 0 aromatic heterocycles. The molecule has 0 aromatic carbocycles. The molecule has 0 amide bonds. The lowest BCUT2D eigenvalue weighted by molar-refractivity contribution is 0.477. The highest BCUT2D eigenvalue weighted by Crippen LogP contribution is 2.17. The quantitative estimate of drug-likeness (QED) is 0.0693. The number of nitrogens with two attached hydrogens (primary N) is 1. The molecule has 0 radical (unpaired) electrons. The van der Waals surface area contributed by atoms with Crippen LogP contribution in [-0.2, 0) is 0 Å². The zero-order valence-corrected chi connectivity index (χ0v) is 30.7. The van der Waals surface area contributed by atoms with Gasteiger partial charge in [-0.25, -0.2) is 0 Å². The van der Waals surface area contributed by atoms with Gasteiger partial charge in [0.1, 0.15) is 0 Å². The van der Waals surface area contributed by atoms with E-state index in [1.165, 1.54) is 250 Å². The van der Waals surface area contributed by atoms with Gasteiger partial charge in [-0.15, -0.1) is 0 Å². The summed E-state index contributed by atoms with van der Waals surface area (Å²) < 4.78 is 0. The van der Waals surface area contributed by atoms with E-state index < -0.39 is 0 Å². The Labute approximate surface area is 275 Å². The average Bonchev–Trinajstić information content (AvgIpc) is 3.01. The highest BCUT2D eigenvalue weighted by molar-refractivity contribution is 4.62. The van der Waals surface area contributed by atoms with Gasteiger partial charge in [-0.2, -0.15) is 0 Å². The summed E-state index contributed by atoms with van der Waals surface area (Å²) in [5.74, 6) is 0. The van der Waals surface area contributed by atoms with Gasteiger partial charge in [-0.1, -0.05) is 251 Å². The van der Waals surface area contributed by atoms with E-state index >= 15 is 0 Å². The standard InChI is InChI=1S/C42H87N/c1-3-5-7-9-11-13-15-17-19-21-22-23-25-27-29-31-33-35-37-39-41-42(43)40-38-36-34-32-30-28-26-24-20-18-16-14-12-10-8-6-4-2/h42H,3-41,43H2,1-2H3. The van der Waals surface area contributed by atoms with Crippen molar-refractivity contribution in [3.8, 4) is 0 Å². The lowest BCUT2D eigenvalue weighted by Crippen LogP contribution is -2.19. The van der Waals surface area contributed by atoms with E-state index in [0.717, 1.165) is 0 Å². The van der Waals surface area contributed by atoms with Crippen molar-refractivity contribution in [2.45, 2.75) is 270 Å². The van der Waals surface area contributed by atoms with Crippen LogP contribution in [0.2, 0.25) is 0 Å². The van der Waals surface area contributed by atoms with Crippen molar-refractivity contribution in [1.29, 1.82) is 0 Å². The first-order chi connectivity index (χ1) is 21.3. The molecule has 0 aliphatic rings. The van der Waals surface area contributed by atoms with Crippen molar-refractivity contribution in [2.75, 3.05) is 0 Å². The lowest BCUT2D eigenvalue weighted by atomic mass is 10.00. The molecule has 0 aliphatic heterocycles. The van der Waals surface area contributed by atoms with Gasteiger partial charge < -0.3 is 5.73 Å². The van der Waals surface area contributed by atoms with Crippen molar-refractivity contribution >= 4 is 0 Å². The Kier molecular flexibility index (Phi) is 39.9. The Morgan fingerprint density at radius 3 is 0.535 bits per heavy atom. The second-order valence-electron chi connectivity index (χ2n) is 14.7. The van der Waals surface area contributed by atoms with Gasteiger partial charge in [0.05, 0.1) is 0 Å². The first-order valence-corrected chi connectivity index (χ1v) is 21.1. The second-order valence-corrected chi connectivity index (χ2v) is 14.7. The van der Waals surface area contributed by atoms with Gasteiger partial charge in [-0.05, 0) is 12.8 Å². The van der Waals surface area contributed by atoms with Crippen LogP contribution in [0.1, 0.15) is 264 Å². The van der Waals surface area contributed by atoms with E-state index in [9.17, 15) is 0 Å². The highest BCUT2D eigenvalue weighted by atomic mass is 14.6. The Morgan fingerprint density at radius 1 is 0.233 bits per heavy atom. The molecule has 0 heterocycles. The molecule has 0 saturated heterocycles. The second kappa shape index (κ2) is 40.0. The third-order valence-corrected chi connectivity index (χ3v) is 10.1. The fourth-order valence-corrected chi connectivity index (χ4v) is 6.94. The fourth-order valence-electron chi connectivity index (χ4n) is 6.94. The maximum absolute atomic E-state index is 6.42. The SMILES string of the molecule is CCCCCCCCCCCCCCCCCCCCCCC(N)CCCCCCCCCCCCCCCCCCC. The van der Waals surface area contributed by atoms with E-state index in [1.807, 2.05) is 0 Å². The molecule has 1 unspecified atom stereocenters. The van der Waals surface area contributed by atoms with Crippen molar-refractivity contribution in [1.82, 2.24) is 0 Å². The van der Waals surface area contributed by atoms with E-state index in [4.69, 9.17) is 5.73 Å². The highest BCUT2D eigenvalue weighted by Gasteiger charge is 2.03. The topological polar surface area (TPSA) is 26.0 Å². The van der Waals surface area contributed by atoms with Crippen LogP contribution in [0.4, 0.5) is 0 Å². The van der Waals surface area contributed by atoms with Crippen LogP contribution in [0, 0.1) is 0 Å². The van der Waals surface area contributed by atoms with Crippen LogP contribution < -0.4 is 5.73 Å². The summed E-state index contributed by atoms with van der Waals surface area (Å²) >= 11 is 0. The van der Waals surface area contributed by atoms with E-state index in [2.05, 4.69) is 13.8 Å². The summed E-state index contributed by atoms with van der Waals surface area (Å²) in [6.07, 6.45) is 56.3. The van der Waals surface area contributed by atoms with Crippen molar-refractivity contribution in [2.24, 2.45) is 5.73 Å². The Hall–Kier alpha value is -0.0400. The van der Waals surface area contributed by atoms with Crippen molar-refractivity contribution < 1.29 is 0 Å². The summed E-state index contributed by atoms with van der Waals surface area (Å²) in [5.41, 5.74) is 6.42. The van der Waals surface area contributed by atoms with Crippen molar-refractivity contribution in [3.63, 3.8) is 0 Å². The molecule has 0 aliphatic carbocycles. The normalized spacial score (nSPS) is 12.3. The van der Waals surface area contributed by atoms with Crippen LogP contribution in [0.5, 0.6) is 0 Å². The maximum Gasteiger partial charge on any atom is 0.00388 e. The summed E-state index contributed by atoms with van der Waals surface area (Å²) in [7, 11) is 0. The predicted molar refractivity (Wildman–Crippen MR) is 199 cm³/mol. The summed E-state index contributed by atoms with van der Waals surface area (Å²) in [6, 6.07) is 0.465. The molecular formula is C42H87N. The number of rotatable bonds is 39. The largest absolute Gasteiger partial charge is 0.328 e. The molecule has 260 valence electrons. The third kappa shape index (κ3) is 39.9. The van der Waals surface area contributed by atoms with Gasteiger partial charge in [0.2, 0.25) is 0 Å². The molecule has 1 atom stereocenters. The fraction of sp³-hybridized carbons (Fsp3) is 1.00. The zero-order valence-electron chi connectivity index (χ0n) is 30.7. The Morgan fingerprint density at radius 2 is 0.372 bits per heavy atom. The zero-order chi connectivity index (χ0) is 31.2. The van der Waals surface area contributed by atoms with Gasteiger partial charge in [0.15, 0.2) is 0 Å². The smallest absolute Gasteiger partial charge is 0.00388 e. The summed E-state index contributed by atoms with van der Waals surface area (Å²) in [4.78, 5) is 0. The molecule has 0 saturated carbocycles. The van der Waals surface area contributed by atoms with E-state index in [1.54, 1.807) is 0 Å². The Balaban J connectivity index is 3.13. The van der Waals surface area contributed by atoms with Crippen LogP contribution in [0.15, 0.2) is 0 Å². The van der Waals surface area contributed by atoms with Gasteiger partial charge >= 0.3 is 0 Å². The van der Waals surface area contributed by atoms with Crippen LogP contribution >= 0.6 is 0 Å². The number of hydrogen-bond acceptors (Lipinski definition) is 1. The minimum absolute atomic E-state index is 0.465. The molecule has 2 N–H and O–H groups in total. The predicted octanol–water partition coefficient (Wildman–Crippen LogP) is 15.6. The molecule has 1 nitrogen and oxygen atoms in total. The van der Waals surface area contributed by atoms with Crippen LogP contribution in [0.3, 0.4) is 0 Å². The molecule has 0 spiro atoms. The number of unbranched alkanes of at least 4 members (excludes halogenated alkanes) is 35. The first kappa shape index (κ1) is 43.0. The average molecular weight is 606 g/mol.